The maximum absolute atomic E-state index is 12.6. The van der Waals surface area contributed by atoms with Crippen LogP contribution in [0.3, 0.4) is 0 Å². The second-order valence-corrected chi connectivity index (χ2v) is 7.67. The average molecular weight is 395 g/mol. The van der Waals surface area contributed by atoms with Crippen LogP contribution in [0, 0.1) is 6.92 Å². The predicted molar refractivity (Wildman–Crippen MR) is 106 cm³/mol. The Labute approximate surface area is 167 Å². The predicted octanol–water partition coefficient (Wildman–Crippen LogP) is 2.70. The highest BCUT2D eigenvalue weighted by atomic mass is 32.2. The number of hydrogen-bond acceptors (Lipinski definition) is 7. The van der Waals surface area contributed by atoms with Crippen molar-refractivity contribution in [2.24, 2.45) is 0 Å². The molecule has 2 N–H and O–H groups in total. The SMILES string of the molecule is Cc1cc(Sc2ncccn2)ccc1NC(=O)c1cn(C2CCNCC2)nn1. The molecule has 1 fully saturated rings. The molecule has 144 valence electrons. The highest BCUT2D eigenvalue weighted by Gasteiger charge is 2.19. The lowest BCUT2D eigenvalue weighted by molar-refractivity contribution is 0.102. The molecule has 28 heavy (non-hydrogen) atoms. The first-order chi connectivity index (χ1) is 13.7. The Balaban J connectivity index is 1.42. The van der Waals surface area contributed by atoms with E-state index in [0.717, 1.165) is 42.1 Å². The third kappa shape index (κ3) is 4.37. The van der Waals surface area contributed by atoms with Crippen molar-refractivity contribution in [3.05, 3.63) is 54.1 Å². The minimum atomic E-state index is -0.255. The Morgan fingerprint density at radius 2 is 2.04 bits per heavy atom. The molecule has 0 aliphatic carbocycles. The fourth-order valence-electron chi connectivity index (χ4n) is 3.10. The van der Waals surface area contributed by atoms with Gasteiger partial charge in [-0.25, -0.2) is 14.6 Å². The smallest absolute Gasteiger partial charge is 0.277 e. The van der Waals surface area contributed by atoms with E-state index in [1.165, 1.54) is 11.8 Å². The van der Waals surface area contributed by atoms with E-state index in [2.05, 4.69) is 30.9 Å². The third-order valence-electron chi connectivity index (χ3n) is 4.62. The zero-order valence-corrected chi connectivity index (χ0v) is 16.3. The van der Waals surface area contributed by atoms with Crippen molar-refractivity contribution in [2.45, 2.75) is 35.9 Å². The summed E-state index contributed by atoms with van der Waals surface area (Å²) >= 11 is 1.48. The number of piperidine rings is 1. The topological polar surface area (TPSA) is 97.6 Å². The highest BCUT2D eigenvalue weighted by molar-refractivity contribution is 7.99. The Kier molecular flexibility index (Phi) is 5.63. The van der Waals surface area contributed by atoms with Crippen molar-refractivity contribution in [2.75, 3.05) is 18.4 Å². The van der Waals surface area contributed by atoms with E-state index in [9.17, 15) is 4.79 Å². The van der Waals surface area contributed by atoms with Crippen molar-refractivity contribution in [3.63, 3.8) is 0 Å². The molecule has 1 aliphatic heterocycles. The summed E-state index contributed by atoms with van der Waals surface area (Å²) in [5.41, 5.74) is 2.04. The maximum atomic E-state index is 12.6. The summed E-state index contributed by atoms with van der Waals surface area (Å²) in [6, 6.07) is 7.91. The van der Waals surface area contributed by atoms with Crippen molar-refractivity contribution in [3.8, 4) is 0 Å². The Hall–Kier alpha value is -2.78. The van der Waals surface area contributed by atoms with Crippen LogP contribution < -0.4 is 10.6 Å². The molecule has 0 saturated carbocycles. The fraction of sp³-hybridized carbons (Fsp3) is 0.316. The van der Waals surface area contributed by atoms with Crippen molar-refractivity contribution < 1.29 is 4.79 Å². The number of anilines is 1. The van der Waals surface area contributed by atoms with Gasteiger partial charge in [-0.2, -0.15) is 0 Å². The summed E-state index contributed by atoms with van der Waals surface area (Å²) in [7, 11) is 0. The van der Waals surface area contributed by atoms with Crippen LogP contribution in [0.15, 0.2) is 52.9 Å². The van der Waals surface area contributed by atoms with E-state index in [1.807, 2.05) is 29.8 Å². The lowest BCUT2D eigenvalue weighted by Gasteiger charge is -2.22. The lowest BCUT2D eigenvalue weighted by Crippen LogP contribution is -2.29. The number of nitrogens with one attached hydrogen (secondary N) is 2. The van der Waals surface area contributed by atoms with Crippen LogP contribution in [0.5, 0.6) is 0 Å². The van der Waals surface area contributed by atoms with Crippen LogP contribution >= 0.6 is 11.8 Å². The molecule has 1 amide bonds. The molecule has 8 nitrogen and oxygen atoms in total. The number of aromatic nitrogens is 5. The summed E-state index contributed by atoms with van der Waals surface area (Å²) in [4.78, 5) is 22.0. The summed E-state index contributed by atoms with van der Waals surface area (Å²) < 4.78 is 1.81. The summed E-state index contributed by atoms with van der Waals surface area (Å²) in [5.74, 6) is -0.255. The normalized spacial score (nSPS) is 14.8. The quantitative estimate of drug-likeness (QED) is 0.641. The highest BCUT2D eigenvalue weighted by Crippen LogP contribution is 2.28. The van der Waals surface area contributed by atoms with Crippen LogP contribution in [-0.2, 0) is 0 Å². The van der Waals surface area contributed by atoms with Crippen molar-refractivity contribution in [1.82, 2.24) is 30.3 Å². The first kappa shape index (κ1) is 18.6. The molecule has 0 spiro atoms. The number of benzene rings is 1. The Morgan fingerprint density at radius 3 is 2.79 bits per heavy atom. The fourth-order valence-corrected chi connectivity index (χ4v) is 3.91. The lowest BCUT2D eigenvalue weighted by atomic mass is 10.1. The minimum Gasteiger partial charge on any atom is -0.320 e. The second kappa shape index (κ2) is 8.49. The van der Waals surface area contributed by atoms with Gasteiger partial charge in [0.05, 0.1) is 12.2 Å². The first-order valence-corrected chi connectivity index (χ1v) is 10.00. The number of hydrogen-bond donors (Lipinski definition) is 2. The van der Waals surface area contributed by atoms with Gasteiger partial charge in [0.25, 0.3) is 5.91 Å². The van der Waals surface area contributed by atoms with Crippen molar-refractivity contribution in [1.29, 1.82) is 0 Å². The van der Waals surface area contributed by atoms with E-state index < -0.39 is 0 Å². The number of rotatable bonds is 5. The molecule has 0 bridgehead atoms. The molecule has 0 atom stereocenters. The van der Waals surface area contributed by atoms with Crippen molar-refractivity contribution >= 4 is 23.4 Å². The summed E-state index contributed by atoms with van der Waals surface area (Å²) in [6.07, 6.45) is 7.15. The molecule has 1 aliphatic rings. The Morgan fingerprint density at radius 1 is 1.25 bits per heavy atom. The number of amides is 1. The molecular formula is C19H21N7OS. The van der Waals surface area contributed by atoms with Crippen LogP contribution in [0.2, 0.25) is 0 Å². The van der Waals surface area contributed by atoms with Gasteiger partial charge < -0.3 is 10.6 Å². The molecule has 1 aromatic carbocycles. The van der Waals surface area contributed by atoms with Gasteiger partial charge in [0.15, 0.2) is 10.9 Å². The molecule has 9 heteroatoms. The largest absolute Gasteiger partial charge is 0.320 e. The van der Waals surface area contributed by atoms with Crippen LogP contribution in [-0.4, -0.2) is 44.0 Å². The zero-order chi connectivity index (χ0) is 19.3. The van der Waals surface area contributed by atoms with Crippen LogP contribution in [0.4, 0.5) is 5.69 Å². The van der Waals surface area contributed by atoms with Crippen LogP contribution in [0.25, 0.3) is 0 Å². The van der Waals surface area contributed by atoms with E-state index in [-0.39, 0.29) is 5.91 Å². The second-order valence-electron chi connectivity index (χ2n) is 6.63. The van der Waals surface area contributed by atoms with Gasteiger partial charge in [-0.15, -0.1) is 5.10 Å². The maximum Gasteiger partial charge on any atom is 0.277 e. The average Bonchev–Trinajstić information content (AvgIpc) is 3.22. The molecule has 0 unspecified atom stereocenters. The summed E-state index contributed by atoms with van der Waals surface area (Å²) in [6.45, 7) is 3.88. The number of nitrogens with zero attached hydrogens (tertiary/aromatic N) is 5. The van der Waals surface area contributed by atoms with Gasteiger partial charge in [0.1, 0.15) is 0 Å². The van der Waals surface area contributed by atoms with E-state index >= 15 is 0 Å². The molecule has 1 saturated heterocycles. The van der Waals surface area contributed by atoms with Gasteiger partial charge in [0, 0.05) is 23.0 Å². The molecular weight excluding hydrogens is 374 g/mol. The zero-order valence-electron chi connectivity index (χ0n) is 15.5. The summed E-state index contributed by atoms with van der Waals surface area (Å²) in [5, 5.41) is 15.1. The van der Waals surface area contributed by atoms with E-state index in [4.69, 9.17) is 0 Å². The first-order valence-electron chi connectivity index (χ1n) is 9.18. The number of carbonyl (C=O) groups excluding carboxylic acids is 1. The molecule has 3 aromatic rings. The molecule has 0 radical (unpaired) electrons. The van der Waals surface area contributed by atoms with Gasteiger partial charge in [-0.05, 0) is 74.4 Å². The Bertz CT molecular complexity index is 954. The van der Waals surface area contributed by atoms with Gasteiger partial charge in [0.2, 0.25) is 0 Å². The van der Waals surface area contributed by atoms with E-state index in [0.29, 0.717) is 16.9 Å². The molecule has 2 aromatic heterocycles. The number of carbonyl (C=O) groups is 1. The standard InChI is InChI=1S/C19H21N7OS/c1-13-11-15(28-19-21-7-2-8-22-19)3-4-16(13)23-18(27)17-12-26(25-24-17)14-5-9-20-10-6-14/h2-4,7-8,11-12,14,20H,5-6,9-10H2,1H3,(H,23,27). The molecule has 4 rings (SSSR count). The minimum absolute atomic E-state index is 0.255. The van der Waals surface area contributed by atoms with Gasteiger partial charge in [-0.3, -0.25) is 4.79 Å². The third-order valence-corrected chi connectivity index (χ3v) is 5.51. The van der Waals surface area contributed by atoms with Crippen LogP contribution in [0.1, 0.15) is 34.9 Å². The molecule has 3 heterocycles. The monoisotopic (exact) mass is 395 g/mol. The van der Waals surface area contributed by atoms with E-state index in [1.54, 1.807) is 24.7 Å². The van der Waals surface area contributed by atoms with Gasteiger partial charge in [-0.1, -0.05) is 5.21 Å². The number of aryl methyl sites for hydroxylation is 1. The van der Waals surface area contributed by atoms with Gasteiger partial charge >= 0.3 is 0 Å².